The number of H-pyrrole nitrogens is 1. The summed E-state index contributed by atoms with van der Waals surface area (Å²) in [6, 6.07) is 15.7. The normalized spacial score (nSPS) is 13.8. The molecule has 2 aromatic heterocycles. The van der Waals surface area contributed by atoms with E-state index in [0.29, 0.717) is 22.9 Å². The molecule has 0 saturated heterocycles. The van der Waals surface area contributed by atoms with Gasteiger partial charge in [0.1, 0.15) is 17.3 Å². The maximum atomic E-state index is 13.4. The van der Waals surface area contributed by atoms with Gasteiger partial charge in [-0.2, -0.15) is 0 Å². The molecule has 2 heterocycles. The van der Waals surface area contributed by atoms with E-state index in [2.05, 4.69) is 24.1 Å². The molecule has 0 aliphatic rings. The highest BCUT2D eigenvalue weighted by Crippen LogP contribution is 2.34. The van der Waals surface area contributed by atoms with Crippen LogP contribution in [0.25, 0.3) is 11.0 Å². The lowest BCUT2D eigenvalue weighted by Gasteiger charge is -2.24. The van der Waals surface area contributed by atoms with E-state index in [4.69, 9.17) is 14.1 Å². The van der Waals surface area contributed by atoms with E-state index in [1.54, 1.807) is 38.3 Å². The maximum absolute atomic E-state index is 13.4. The summed E-state index contributed by atoms with van der Waals surface area (Å²) in [5.74, 6) is 0.421. The number of carbonyl (C=O) groups excluding carboxylic acids is 1. The van der Waals surface area contributed by atoms with Gasteiger partial charge in [0.05, 0.1) is 30.1 Å². The van der Waals surface area contributed by atoms with E-state index in [1.807, 2.05) is 24.3 Å². The number of fused-ring (bicyclic) bond motifs is 1. The summed E-state index contributed by atoms with van der Waals surface area (Å²) in [6.07, 6.45) is 0.789. The zero-order valence-electron chi connectivity index (χ0n) is 20.9. The number of hydrogen-bond donors (Lipinski definition) is 3. The SMILES string of the molecule is CC[C@H](C)[C@H](NC(=O)CC(c1ccc(OC)cc1)c1oc(C)cc(=O)c1O)c1nc2ccccc2[nH]1. The largest absolute Gasteiger partial charge is 0.502 e. The molecule has 0 spiro atoms. The van der Waals surface area contributed by atoms with Crippen LogP contribution in [-0.2, 0) is 4.79 Å². The number of imidazole rings is 1. The maximum Gasteiger partial charge on any atom is 0.227 e. The molecular formula is C28H31N3O5. The van der Waals surface area contributed by atoms with Crippen molar-refractivity contribution < 1.29 is 19.1 Å². The van der Waals surface area contributed by atoms with Gasteiger partial charge in [-0.1, -0.05) is 44.5 Å². The predicted molar refractivity (Wildman–Crippen MR) is 137 cm³/mol. The van der Waals surface area contributed by atoms with Gasteiger partial charge in [0.25, 0.3) is 0 Å². The van der Waals surface area contributed by atoms with Gasteiger partial charge >= 0.3 is 0 Å². The number of rotatable bonds is 9. The van der Waals surface area contributed by atoms with Gasteiger partial charge in [-0.15, -0.1) is 0 Å². The topological polar surface area (TPSA) is 117 Å². The van der Waals surface area contributed by atoms with Crippen molar-refractivity contribution >= 4 is 16.9 Å². The van der Waals surface area contributed by atoms with E-state index in [0.717, 1.165) is 17.5 Å². The number of aromatic hydroxyl groups is 1. The highest BCUT2D eigenvalue weighted by molar-refractivity contribution is 5.79. The molecule has 0 fully saturated rings. The van der Waals surface area contributed by atoms with Crippen LogP contribution in [0.1, 0.15) is 61.6 Å². The van der Waals surface area contributed by atoms with Crippen LogP contribution in [0.4, 0.5) is 0 Å². The Labute approximate surface area is 209 Å². The van der Waals surface area contributed by atoms with Crippen LogP contribution in [0.15, 0.2) is 63.8 Å². The first-order chi connectivity index (χ1) is 17.3. The standard InChI is InChI=1S/C28H31N3O5/c1-5-16(2)25(28-29-21-8-6-7-9-22(21)30-28)31-24(33)15-20(18-10-12-19(35-4)13-11-18)27-26(34)23(32)14-17(3)36-27/h6-14,16,20,25,34H,5,15H2,1-4H3,(H,29,30)(H,31,33)/t16-,20?,25-/m0/s1. The van der Waals surface area contributed by atoms with Crippen LogP contribution >= 0.6 is 0 Å². The molecule has 0 aliphatic heterocycles. The van der Waals surface area contributed by atoms with E-state index < -0.39 is 17.1 Å². The number of nitrogens with zero attached hydrogens (tertiary/aromatic N) is 1. The molecule has 0 radical (unpaired) electrons. The molecule has 0 bridgehead atoms. The minimum Gasteiger partial charge on any atom is -0.502 e. The molecule has 4 rings (SSSR count). The quantitative estimate of drug-likeness (QED) is 0.306. The molecule has 1 amide bonds. The Hall–Kier alpha value is -4.07. The van der Waals surface area contributed by atoms with Gasteiger partial charge in [0.2, 0.25) is 17.1 Å². The van der Waals surface area contributed by atoms with Gasteiger partial charge in [0, 0.05) is 12.5 Å². The summed E-state index contributed by atoms with van der Waals surface area (Å²) >= 11 is 0. The first-order valence-corrected chi connectivity index (χ1v) is 12.0. The number of para-hydroxylation sites is 2. The number of hydrogen-bond acceptors (Lipinski definition) is 6. The lowest BCUT2D eigenvalue weighted by atomic mass is 9.91. The molecule has 1 unspecified atom stereocenters. The second kappa shape index (κ2) is 10.7. The van der Waals surface area contributed by atoms with Crippen molar-refractivity contribution in [3.05, 3.63) is 87.7 Å². The first kappa shape index (κ1) is 25.0. The lowest BCUT2D eigenvalue weighted by molar-refractivity contribution is -0.122. The van der Waals surface area contributed by atoms with Gasteiger partial charge < -0.3 is 24.6 Å². The lowest BCUT2D eigenvalue weighted by Crippen LogP contribution is -2.34. The predicted octanol–water partition coefficient (Wildman–Crippen LogP) is 4.96. The van der Waals surface area contributed by atoms with Crippen molar-refractivity contribution in [2.45, 2.75) is 45.6 Å². The van der Waals surface area contributed by atoms with Crippen LogP contribution in [-0.4, -0.2) is 28.1 Å². The molecular weight excluding hydrogens is 458 g/mol. The number of aromatic amines is 1. The first-order valence-electron chi connectivity index (χ1n) is 12.0. The fourth-order valence-corrected chi connectivity index (χ4v) is 4.31. The number of aromatic nitrogens is 2. The number of ether oxygens (including phenoxy) is 1. The summed E-state index contributed by atoms with van der Waals surface area (Å²) in [5, 5.41) is 13.7. The molecule has 0 aliphatic carbocycles. The van der Waals surface area contributed by atoms with E-state index in [9.17, 15) is 14.7 Å². The number of carbonyl (C=O) groups is 1. The van der Waals surface area contributed by atoms with E-state index >= 15 is 0 Å². The molecule has 0 saturated carbocycles. The van der Waals surface area contributed by atoms with E-state index in [1.165, 1.54) is 6.07 Å². The highest BCUT2D eigenvalue weighted by atomic mass is 16.5. The van der Waals surface area contributed by atoms with Gasteiger partial charge in [0.15, 0.2) is 5.76 Å². The number of aryl methyl sites for hydroxylation is 1. The molecule has 4 aromatic rings. The zero-order valence-corrected chi connectivity index (χ0v) is 20.9. The molecule has 3 N–H and O–H groups in total. The third-order valence-corrected chi connectivity index (χ3v) is 6.53. The van der Waals surface area contributed by atoms with Gasteiger partial charge in [-0.25, -0.2) is 4.98 Å². The number of benzene rings is 2. The van der Waals surface area contributed by atoms with Gasteiger partial charge in [-0.3, -0.25) is 9.59 Å². The fourth-order valence-electron chi connectivity index (χ4n) is 4.31. The van der Waals surface area contributed by atoms with Crippen molar-refractivity contribution in [3.8, 4) is 11.5 Å². The molecule has 188 valence electrons. The average molecular weight is 490 g/mol. The molecule has 36 heavy (non-hydrogen) atoms. The van der Waals surface area contributed by atoms with Crippen LogP contribution < -0.4 is 15.5 Å². The third kappa shape index (κ3) is 5.27. The number of methoxy groups -OCH3 is 1. The van der Waals surface area contributed by atoms with Crippen LogP contribution in [0.5, 0.6) is 11.5 Å². The highest BCUT2D eigenvalue weighted by Gasteiger charge is 2.29. The Kier molecular flexibility index (Phi) is 7.43. The average Bonchev–Trinajstić information content (AvgIpc) is 3.31. The van der Waals surface area contributed by atoms with Crippen molar-refractivity contribution in [2.24, 2.45) is 5.92 Å². The minimum atomic E-state index is -0.684. The number of amides is 1. The second-order valence-corrected chi connectivity index (χ2v) is 9.03. The Balaban J connectivity index is 1.67. The summed E-state index contributed by atoms with van der Waals surface area (Å²) in [7, 11) is 1.57. The molecule has 8 nitrogen and oxygen atoms in total. The molecule has 3 atom stereocenters. The van der Waals surface area contributed by atoms with Crippen molar-refractivity contribution in [3.63, 3.8) is 0 Å². The minimum absolute atomic E-state index is 0.0422. The summed E-state index contributed by atoms with van der Waals surface area (Å²) < 4.78 is 11.0. The monoisotopic (exact) mass is 489 g/mol. The molecule has 8 heteroatoms. The number of nitrogens with one attached hydrogen (secondary N) is 2. The second-order valence-electron chi connectivity index (χ2n) is 9.03. The zero-order chi connectivity index (χ0) is 25.8. The smallest absolute Gasteiger partial charge is 0.227 e. The summed E-state index contributed by atoms with van der Waals surface area (Å²) in [5.41, 5.74) is 1.89. The van der Waals surface area contributed by atoms with Crippen molar-refractivity contribution in [2.75, 3.05) is 7.11 Å². The Bertz CT molecular complexity index is 1370. The Morgan fingerprint density at radius 2 is 1.92 bits per heavy atom. The Morgan fingerprint density at radius 3 is 2.58 bits per heavy atom. The van der Waals surface area contributed by atoms with Crippen molar-refractivity contribution in [1.82, 2.24) is 15.3 Å². The Morgan fingerprint density at radius 1 is 1.19 bits per heavy atom. The van der Waals surface area contributed by atoms with Crippen LogP contribution in [0, 0.1) is 12.8 Å². The summed E-state index contributed by atoms with van der Waals surface area (Å²) in [6.45, 7) is 5.76. The van der Waals surface area contributed by atoms with Gasteiger partial charge in [-0.05, 0) is 42.7 Å². The van der Waals surface area contributed by atoms with Crippen molar-refractivity contribution in [1.29, 1.82) is 0 Å². The van der Waals surface area contributed by atoms with E-state index in [-0.39, 0.29) is 30.0 Å². The van der Waals surface area contributed by atoms with Crippen LogP contribution in [0.3, 0.4) is 0 Å². The van der Waals surface area contributed by atoms with Crippen LogP contribution in [0.2, 0.25) is 0 Å². The third-order valence-electron chi connectivity index (χ3n) is 6.53. The fraction of sp³-hybridized carbons (Fsp3) is 0.321. The summed E-state index contributed by atoms with van der Waals surface area (Å²) in [4.78, 5) is 33.8. The molecule has 2 aromatic carbocycles.